The van der Waals surface area contributed by atoms with E-state index in [1.165, 1.54) is 6.92 Å². The van der Waals surface area contributed by atoms with Gasteiger partial charge < -0.3 is 14.8 Å². The molecule has 0 spiro atoms. The number of benzene rings is 1. The van der Waals surface area contributed by atoms with Crippen LogP contribution in [-0.4, -0.2) is 42.9 Å². The van der Waals surface area contributed by atoms with Crippen LogP contribution in [0.15, 0.2) is 28.7 Å². The first kappa shape index (κ1) is 19.9. The molecule has 1 saturated carbocycles. The van der Waals surface area contributed by atoms with Crippen molar-refractivity contribution in [1.82, 2.24) is 5.32 Å². The Balaban J connectivity index is 2.40. The van der Waals surface area contributed by atoms with E-state index in [0.29, 0.717) is 11.8 Å². The molecule has 8 heteroatoms. The van der Waals surface area contributed by atoms with Crippen LogP contribution in [0.3, 0.4) is 0 Å². The number of alkyl carbamates (subject to hydrolysis) is 1. The van der Waals surface area contributed by atoms with Gasteiger partial charge in [-0.15, -0.1) is 0 Å². The van der Waals surface area contributed by atoms with Crippen LogP contribution in [0.1, 0.15) is 39.2 Å². The molecule has 1 fully saturated rings. The Labute approximate surface area is 156 Å². The average molecular weight is 432 g/mol. The minimum absolute atomic E-state index is 0.115. The van der Waals surface area contributed by atoms with E-state index in [0.717, 1.165) is 4.47 Å². The lowest BCUT2D eigenvalue weighted by Crippen LogP contribution is -2.45. The monoisotopic (exact) mass is 431 g/mol. The second kappa shape index (κ2) is 6.72. The van der Waals surface area contributed by atoms with Crippen LogP contribution in [0.4, 0.5) is 4.79 Å². The molecule has 0 unspecified atom stereocenters. The molecule has 1 aliphatic rings. The topological polar surface area (TPSA) is 89.5 Å². The van der Waals surface area contributed by atoms with Crippen LogP contribution < -0.4 is 5.32 Å². The minimum Gasteiger partial charge on any atom is -0.444 e. The van der Waals surface area contributed by atoms with Crippen molar-refractivity contribution in [2.45, 2.75) is 50.0 Å². The Morgan fingerprint density at radius 2 is 1.88 bits per heavy atom. The molecule has 6 nitrogen and oxygen atoms in total. The van der Waals surface area contributed by atoms with Crippen molar-refractivity contribution in [2.24, 2.45) is 0 Å². The zero-order valence-corrected chi connectivity index (χ0v) is 17.0. The van der Waals surface area contributed by atoms with Crippen molar-refractivity contribution in [1.29, 1.82) is 0 Å². The molecule has 1 N–H and O–H groups in total. The number of hydrogen-bond donors (Lipinski definition) is 1. The number of carbonyl (C=O) groups excluding carboxylic acids is 2. The van der Waals surface area contributed by atoms with Crippen LogP contribution in [-0.2, 0) is 19.4 Å². The average Bonchev–Trinajstić information content (AvgIpc) is 3.15. The Kier molecular flexibility index (Phi) is 5.35. The number of aldehydes is 1. The Hall–Kier alpha value is -1.41. The first-order chi connectivity index (χ1) is 11.5. The molecule has 1 aliphatic carbocycles. The lowest BCUT2D eigenvalue weighted by atomic mass is 10.1. The Morgan fingerprint density at radius 3 is 2.32 bits per heavy atom. The highest BCUT2D eigenvalue weighted by Crippen LogP contribution is 2.55. The summed E-state index contributed by atoms with van der Waals surface area (Å²) >= 11 is 3.32. The maximum atomic E-state index is 12.5. The third-order valence-corrected chi connectivity index (χ3v) is 6.88. The van der Waals surface area contributed by atoms with Gasteiger partial charge >= 0.3 is 6.09 Å². The predicted octanol–water partition coefficient (Wildman–Crippen LogP) is 2.81. The van der Waals surface area contributed by atoms with E-state index >= 15 is 0 Å². The van der Waals surface area contributed by atoms with Gasteiger partial charge in [0.25, 0.3) is 0 Å². The molecule has 0 bridgehead atoms. The van der Waals surface area contributed by atoms with Crippen molar-refractivity contribution in [3.63, 3.8) is 0 Å². The SMILES string of the molecule is CCS(=O)(=O)[C@H]1[C@H](c2ccc(Br)cc2)[C@@]1(C=O)NC(=O)OC(C)(C)C. The van der Waals surface area contributed by atoms with Crippen LogP contribution in [0.5, 0.6) is 0 Å². The molecule has 0 aromatic heterocycles. The number of carbonyl (C=O) groups is 2. The summed E-state index contributed by atoms with van der Waals surface area (Å²) in [5.74, 6) is -0.758. The summed E-state index contributed by atoms with van der Waals surface area (Å²) in [6, 6.07) is 7.03. The van der Waals surface area contributed by atoms with Crippen LogP contribution >= 0.6 is 15.9 Å². The van der Waals surface area contributed by atoms with Gasteiger partial charge in [0.15, 0.2) is 9.84 Å². The van der Waals surface area contributed by atoms with E-state index < -0.39 is 38.2 Å². The van der Waals surface area contributed by atoms with Gasteiger partial charge in [0, 0.05) is 16.1 Å². The van der Waals surface area contributed by atoms with Gasteiger partial charge in [0.05, 0.1) is 0 Å². The zero-order valence-electron chi connectivity index (χ0n) is 14.6. The normalized spacial score (nSPS) is 26.0. The number of amides is 1. The van der Waals surface area contributed by atoms with Gasteiger partial charge in [-0.1, -0.05) is 35.0 Å². The van der Waals surface area contributed by atoms with Crippen molar-refractivity contribution in [2.75, 3.05) is 5.75 Å². The number of halogens is 1. The van der Waals surface area contributed by atoms with Crippen molar-refractivity contribution >= 4 is 38.1 Å². The van der Waals surface area contributed by atoms with Crippen LogP contribution in [0.25, 0.3) is 0 Å². The Bertz CT molecular complexity index is 769. The lowest BCUT2D eigenvalue weighted by molar-refractivity contribution is -0.110. The number of hydrogen-bond acceptors (Lipinski definition) is 5. The molecule has 2 rings (SSSR count). The first-order valence-electron chi connectivity index (χ1n) is 7.91. The number of nitrogens with one attached hydrogen (secondary N) is 1. The van der Waals surface area contributed by atoms with E-state index in [9.17, 15) is 18.0 Å². The van der Waals surface area contributed by atoms with Crippen molar-refractivity contribution in [3.8, 4) is 0 Å². The molecule has 3 atom stereocenters. The Morgan fingerprint density at radius 1 is 1.32 bits per heavy atom. The smallest absolute Gasteiger partial charge is 0.408 e. The van der Waals surface area contributed by atoms with Gasteiger partial charge in [-0.05, 0) is 38.5 Å². The largest absolute Gasteiger partial charge is 0.444 e. The molecular formula is C17H22BrNO5S. The summed E-state index contributed by atoms with van der Waals surface area (Å²) < 4.78 is 31.0. The summed E-state index contributed by atoms with van der Waals surface area (Å²) in [4.78, 5) is 24.0. The third-order valence-electron chi connectivity index (χ3n) is 4.11. The first-order valence-corrected chi connectivity index (χ1v) is 10.4. The number of sulfone groups is 1. The van der Waals surface area contributed by atoms with E-state index in [2.05, 4.69) is 21.2 Å². The maximum absolute atomic E-state index is 12.5. The molecule has 138 valence electrons. The summed E-state index contributed by atoms with van der Waals surface area (Å²) in [6.45, 7) is 6.61. The second-order valence-corrected chi connectivity index (χ2v) is 10.4. The minimum atomic E-state index is -3.55. The highest BCUT2D eigenvalue weighted by molar-refractivity contribution is 9.10. The summed E-state index contributed by atoms with van der Waals surface area (Å²) in [7, 11) is -3.55. The predicted molar refractivity (Wildman–Crippen MR) is 98.3 cm³/mol. The standard InChI is InChI=1S/C17H22BrNO5S/c1-5-25(22,23)14-13(11-6-8-12(18)9-7-11)17(14,10-20)19-15(21)24-16(2,3)4/h6-10,13-14H,5H2,1-4H3,(H,19,21)/t13-,14-,17+/m0/s1. The van der Waals surface area contributed by atoms with Gasteiger partial charge in [0.2, 0.25) is 0 Å². The molecule has 1 aromatic rings. The molecule has 0 aliphatic heterocycles. The van der Waals surface area contributed by atoms with Crippen LogP contribution in [0, 0.1) is 0 Å². The molecule has 0 saturated heterocycles. The fourth-order valence-electron chi connectivity index (χ4n) is 2.98. The molecule has 0 heterocycles. The molecular weight excluding hydrogens is 410 g/mol. The van der Waals surface area contributed by atoms with Crippen molar-refractivity contribution < 1.29 is 22.7 Å². The number of rotatable bonds is 5. The second-order valence-electron chi connectivity index (χ2n) is 7.08. The molecule has 1 aromatic carbocycles. The van der Waals surface area contributed by atoms with Crippen molar-refractivity contribution in [3.05, 3.63) is 34.3 Å². The van der Waals surface area contributed by atoms with E-state index in [1.807, 2.05) is 0 Å². The van der Waals surface area contributed by atoms with Gasteiger partial charge in [0.1, 0.15) is 22.7 Å². The van der Waals surface area contributed by atoms with E-state index in [4.69, 9.17) is 4.74 Å². The zero-order chi connectivity index (χ0) is 19.0. The number of ether oxygens (including phenoxy) is 1. The summed E-state index contributed by atoms with van der Waals surface area (Å²) in [5, 5.41) is 1.50. The highest BCUT2D eigenvalue weighted by atomic mass is 79.9. The van der Waals surface area contributed by atoms with Crippen LogP contribution in [0.2, 0.25) is 0 Å². The highest BCUT2D eigenvalue weighted by Gasteiger charge is 2.72. The quantitative estimate of drug-likeness (QED) is 0.723. The lowest BCUT2D eigenvalue weighted by Gasteiger charge is -2.22. The fourth-order valence-corrected chi connectivity index (χ4v) is 5.18. The maximum Gasteiger partial charge on any atom is 0.408 e. The fraction of sp³-hybridized carbons (Fsp3) is 0.529. The van der Waals surface area contributed by atoms with E-state index in [-0.39, 0.29) is 5.75 Å². The third kappa shape index (κ3) is 4.06. The van der Waals surface area contributed by atoms with Gasteiger partial charge in [-0.25, -0.2) is 13.2 Å². The van der Waals surface area contributed by atoms with Gasteiger partial charge in [-0.3, -0.25) is 0 Å². The summed E-state index contributed by atoms with van der Waals surface area (Å²) in [5.41, 5.74) is -1.59. The summed E-state index contributed by atoms with van der Waals surface area (Å²) in [6.07, 6.45) is -0.294. The van der Waals surface area contributed by atoms with E-state index in [1.54, 1.807) is 45.0 Å². The molecule has 25 heavy (non-hydrogen) atoms. The van der Waals surface area contributed by atoms with Gasteiger partial charge in [-0.2, -0.15) is 0 Å². The molecule has 0 radical (unpaired) electrons. The molecule has 1 amide bonds.